The van der Waals surface area contributed by atoms with E-state index in [1.165, 1.54) is 38.6 Å². The average molecular weight is 112 g/mol. The van der Waals surface area contributed by atoms with E-state index < -0.39 is 0 Å². The predicted molar refractivity (Wildman–Crippen MR) is 35.0 cm³/mol. The first-order valence-corrected chi connectivity index (χ1v) is 3.55. The van der Waals surface area contributed by atoms with Gasteiger partial charge in [0.15, 0.2) is 0 Å². The summed E-state index contributed by atoms with van der Waals surface area (Å²) >= 11 is 0. The van der Waals surface area contributed by atoms with Crippen LogP contribution in [0.4, 0.5) is 0 Å². The van der Waals surface area contributed by atoms with E-state index in [9.17, 15) is 0 Å². The molecule has 0 aromatic carbocycles. The molecule has 46 valence electrons. The summed E-state index contributed by atoms with van der Waals surface area (Å²) in [6.07, 6.45) is 9.04. The quantitative estimate of drug-likeness (QED) is 0.457. The zero-order valence-electron chi connectivity index (χ0n) is 5.32. The molecule has 0 amide bonds. The predicted octanol–water partition coefficient (Wildman–Crippen LogP) is 0.102. The number of hydrogen-bond donors (Lipinski definition) is 1. The molecule has 0 saturated heterocycles. The van der Waals surface area contributed by atoms with E-state index in [1.54, 1.807) is 0 Å². The van der Waals surface area contributed by atoms with Crippen LogP contribution in [0.5, 0.6) is 0 Å². The summed E-state index contributed by atoms with van der Waals surface area (Å²) < 4.78 is 0. The van der Waals surface area contributed by atoms with Crippen molar-refractivity contribution < 1.29 is 4.99 Å². The third-order valence-electron chi connectivity index (χ3n) is 1.56. The number of nitrogens with one attached hydrogen (secondary N) is 1. The smallest absolute Gasteiger partial charge is 0.140 e. The molecule has 0 atom stereocenters. The molecule has 1 N–H and O–H groups in total. The van der Waals surface area contributed by atoms with Gasteiger partial charge in [-0.05, 0) is 12.8 Å². The molecule has 1 heterocycles. The molecule has 8 heavy (non-hydrogen) atoms. The van der Waals surface area contributed by atoms with Crippen molar-refractivity contribution in [1.29, 1.82) is 0 Å². The molecular formula is C7H14N+. The second kappa shape index (κ2) is 3.65. The lowest BCUT2D eigenvalue weighted by atomic mass is 10.1. The Bertz CT molecular complexity index is 66.5. The van der Waals surface area contributed by atoms with Gasteiger partial charge in [0.1, 0.15) is 12.8 Å². The fraction of sp³-hybridized carbons (Fsp3) is 0.857. The van der Waals surface area contributed by atoms with Crippen molar-refractivity contribution in [2.24, 2.45) is 0 Å². The lowest BCUT2D eigenvalue weighted by molar-refractivity contribution is -0.454. The van der Waals surface area contributed by atoms with Gasteiger partial charge in [0, 0.05) is 12.8 Å². The molecule has 1 rings (SSSR count). The fourth-order valence-electron chi connectivity index (χ4n) is 1.03. The minimum Gasteiger partial charge on any atom is -0.252 e. The summed E-state index contributed by atoms with van der Waals surface area (Å²) in [4.78, 5) is 3.26. The zero-order chi connectivity index (χ0) is 5.66. The Morgan fingerprint density at radius 3 is 2.88 bits per heavy atom. The maximum atomic E-state index is 3.26. The second-order valence-corrected chi connectivity index (χ2v) is 2.36. The SMILES string of the molecule is C1=[NH+]CCCCCC1. The summed E-state index contributed by atoms with van der Waals surface area (Å²) in [5.74, 6) is 0. The highest BCUT2D eigenvalue weighted by molar-refractivity contribution is 5.49. The van der Waals surface area contributed by atoms with Crippen LogP contribution >= 0.6 is 0 Å². The Morgan fingerprint density at radius 1 is 1.00 bits per heavy atom. The summed E-state index contributed by atoms with van der Waals surface area (Å²) in [6, 6.07) is 0. The Kier molecular flexibility index (Phi) is 2.64. The van der Waals surface area contributed by atoms with Gasteiger partial charge in [0.25, 0.3) is 0 Å². The fourth-order valence-corrected chi connectivity index (χ4v) is 1.03. The molecule has 0 unspecified atom stereocenters. The van der Waals surface area contributed by atoms with Crippen LogP contribution < -0.4 is 4.99 Å². The molecule has 0 radical (unpaired) electrons. The first-order chi connectivity index (χ1) is 4.00. The van der Waals surface area contributed by atoms with Gasteiger partial charge in [-0.3, -0.25) is 4.99 Å². The van der Waals surface area contributed by atoms with Crippen molar-refractivity contribution in [2.75, 3.05) is 6.54 Å². The van der Waals surface area contributed by atoms with Crippen molar-refractivity contribution in [2.45, 2.75) is 32.1 Å². The lowest BCUT2D eigenvalue weighted by Gasteiger charge is -1.96. The van der Waals surface area contributed by atoms with Crippen LogP contribution in [0.3, 0.4) is 0 Å². The van der Waals surface area contributed by atoms with Crippen LogP contribution in [0.25, 0.3) is 0 Å². The highest BCUT2D eigenvalue weighted by Gasteiger charge is 1.94. The summed E-state index contributed by atoms with van der Waals surface area (Å²) in [5.41, 5.74) is 0. The van der Waals surface area contributed by atoms with Crippen LogP contribution in [0.1, 0.15) is 32.1 Å². The summed E-state index contributed by atoms with van der Waals surface area (Å²) in [7, 11) is 0. The Labute approximate surface area is 50.8 Å². The lowest BCUT2D eigenvalue weighted by Crippen LogP contribution is -2.69. The maximum absolute atomic E-state index is 3.26. The second-order valence-electron chi connectivity index (χ2n) is 2.36. The molecule has 1 heteroatoms. The molecule has 1 aliphatic rings. The zero-order valence-corrected chi connectivity index (χ0v) is 5.32. The van der Waals surface area contributed by atoms with Gasteiger partial charge in [-0.15, -0.1) is 0 Å². The van der Waals surface area contributed by atoms with Gasteiger partial charge in [0.2, 0.25) is 0 Å². The van der Waals surface area contributed by atoms with Crippen LogP contribution in [0, 0.1) is 0 Å². The van der Waals surface area contributed by atoms with E-state index in [-0.39, 0.29) is 0 Å². The Hall–Kier alpha value is -0.330. The first kappa shape index (κ1) is 5.80. The maximum Gasteiger partial charge on any atom is 0.140 e. The summed E-state index contributed by atoms with van der Waals surface area (Å²) in [5, 5.41) is 0. The van der Waals surface area contributed by atoms with Crippen molar-refractivity contribution in [3.8, 4) is 0 Å². The molecule has 0 bridgehead atoms. The number of hydrogen-bond acceptors (Lipinski definition) is 0. The van der Waals surface area contributed by atoms with Gasteiger partial charge in [-0.2, -0.15) is 0 Å². The van der Waals surface area contributed by atoms with Crippen LogP contribution in [0.2, 0.25) is 0 Å². The van der Waals surface area contributed by atoms with Crippen molar-refractivity contribution in [3.05, 3.63) is 0 Å². The molecular weight excluding hydrogens is 98.1 g/mol. The summed E-state index contributed by atoms with van der Waals surface area (Å²) in [6.45, 7) is 1.19. The highest BCUT2D eigenvalue weighted by Crippen LogP contribution is 2.00. The minimum absolute atomic E-state index is 1.19. The third kappa shape index (κ3) is 2.10. The third-order valence-corrected chi connectivity index (χ3v) is 1.56. The van der Waals surface area contributed by atoms with Gasteiger partial charge < -0.3 is 0 Å². The molecule has 0 aliphatic carbocycles. The largest absolute Gasteiger partial charge is 0.252 e. The molecule has 0 spiro atoms. The van der Waals surface area contributed by atoms with Crippen LogP contribution in [-0.2, 0) is 0 Å². The molecule has 0 fully saturated rings. The normalized spacial score (nSPS) is 22.0. The van der Waals surface area contributed by atoms with Crippen LogP contribution in [0.15, 0.2) is 0 Å². The first-order valence-electron chi connectivity index (χ1n) is 3.55. The molecule has 1 nitrogen and oxygen atoms in total. The molecule has 0 aromatic rings. The van der Waals surface area contributed by atoms with E-state index in [0.29, 0.717) is 0 Å². The van der Waals surface area contributed by atoms with Crippen molar-refractivity contribution in [3.63, 3.8) is 0 Å². The van der Waals surface area contributed by atoms with E-state index in [1.807, 2.05) is 0 Å². The molecule has 0 saturated carbocycles. The molecule has 1 aliphatic heterocycles. The van der Waals surface area contributed by atoms with Crippen molar-refractivity contribution >= 4 is 6.21 Å². The minimum atomic E-state index is 1.19. The van der Waals surface area contributed by atoms with E-state index in [4.69, 9.17) is 0 Å². The monoisotopic (exact) mass is 112 g/mol. The van der Waals surface area contributed by atoms with Gasteiger partial charge in [-0.25, -0.2) is 0 Å². The topological polar surface area (TPSA) is 14.0 Å². The van der Waals surface area contributed by atoms with Gasteiger partial charge >= 0.3 is 0 Å². The molecule has 0 aromatic heterocycles. The Balaban J connectivity index is 2.17. The van der Waals surface area contributed by atoms with Gasteiger partial charge in [-0.1, -0.05) is 6.42 Å². The highest BCUT2D eigenvalue weighted by atomic mass is 14.7. The Morgan fingerprint density at radius 2 is 1.88 bits per heavy atom. The van der Waals surface area contributed by atoms with E-state index in [2.05, 4.69) is 11.2 Å². The van der Waals surface area contributed by atoms with Crippen LogP contribution in [-0.4, -0.2) is 12.8 Å². The van der Waals surface area contributed by atoms with E-state index in [0.717, 1.165) is 0 Å². The van der Waals surface area contributed by atoms with Crippen molar-refractivity contribution in [1.82, 2.24) is 0 Å². The van der Waals surface area contributed by atoms with Gasteiger partial charge in [0.05, 0.1) is 0 Å². The number of rotatable bonds is 0. The van der Waals surface area contributed by atoms with E-state index >= 15 is 0 Å². The standard InChI is InChI=1S/C7H13N/c1-2-4-6-8-7-5-3-1/h6H,1-5,7H2/p+1. The average Bonchev–Trinajstić information content (AvgIpc) is 1.62.